The Morgan fingerprint density at radius 1 is 1.22 bits per heavy atom. The lowest BCUT2D eigenvalue weighted by molar-refractivity contribution is -0.142. The first-order valence-electron chi connectivity index (χ1n) is 5.17. The summed E-state index contributed by atoms with van der Waals surface area (Å²) in [7, 11) is 1.38. The fraction of sp³-hybridized carbons (Fsp3) is 0.273. The van der Waals surface area contributed by atoms with E-state index in [1.54, 1.807) is 0 Å². The Morgan fingerprint density at radius 3 is 2.50 bits per heavy atom. The predicted octanol–water partition coefficient (Wildman–Crippen LogP) is -0.215. The molecule has 2 rings (SSSR count). The van der Waals surface area contributed by atoms with Crippen LogP contribution in [-0.2, 0) is 9.59 Å². The van der Waals surface area contributed by atoms with E-state index in [9.17, 15) is 14.0 Å². The Hall–Kier alpha value is -2.31. The quantitative estimate of drug-likeness (QED) is 0.731. The molecule has 1 aromatic carbocycles. The highest BCUT2D eigenvalue weighted by Crippen LogP contribution is 2.28. The zero-order valence-electron chi connectivity index (χ0n) is 9.53. The number of halogens is 1. The van der Waals surface area contributed by atoms with E-state index in [2.05, 4.69) is 10.6 Å². The van der Waals surface area contributed by atoms with Crippen LogP contribution in [0.15, 0.2) is 18.2 Å². The third kappa shape index (κ3) is 2.34. The van der Waals surface area contributed by atoms with Crippen molar-refractivity contribution in [2.24, 2.45) is 0 Å². The summed E-state index contributed by atoms with van der Waals surface area (Å²) in [6.45, 7) is 0.0534. The van der Waals surface area contributed by atoms with Crippen LogP contribution in [0.2, 0.25) is 0 Å². The van der Waals surface area contributed by atoms with E-state index < -0.39 is 23.7 Å². The van der Waals surface area contributed by atoms with E-state index in [0.29, 0.717) is 0 Å². The van der Waals surface area contributed by atoms with E-state index in [-0.39, 0.29) is 18.2 Å². The molecule has 96 valence electrons. The molecule has 0 bridgehead atoms. The molecule has 1 aliphatic heterocycles. The summed E-state index contributed by atoms with van der Waals surface area (Å²) < 4.78 is 23.2. The maximum atomic E-state index is 13.1. The Kier molecular flexibility index (Phi) is 3.31. The van der Waals surface area contributed by atoms with E-state index in [1.165, 1.54) is 19.2 Å². The number of hydrogen-bond donors (Lipinski definition) is 2. The van der Waals surface area contributed by atoms with Crippen LogP contribution in [0.4, 0.5) is 4.39 Å². The van der Waals surface area contributed by atoms with Crippen molar-refractivity contribution in [3.63, 3.8) is 0 Å². The van der Waals surface area contributed by atoms with Crippen molar-refractivity contribution < 1.29 is 23.5 Å². The molecule has 1 fully saturated rings. The average molecular weight is 254 g/mol. The molecule has 1 aromatic rings. The lowest BCUT2D eigenvalue weighted by atomic mass is 10.2. The van der Waals surface area contributed by atoms with Crippen molar-refractivity contribution >= 4 is 11.8 Å². The molecule has 2 N–H and O–H groups in total. The number of ether oxygens (including phenoxy) is 2. The van der Waals surface area contributed by atoms with Gasteiger partial charge in [-0.3, -0.25) is 9.59 Å². The van der Waals surface area contributed by atoms with Gasteiger partial charge in [0.05, 0.1) is 13.8 Å². The van der Waals surface area contributed by atoms with Crippen LogP contribution >= 0.6 is 0 Å². The minimum absolute atomic E-state index is 0.00491. The third-order valence-electron chi connectivity index (χ3n) is 2.37. The molecular weight excluding hydrogens is 243 g/mol. The molecule has 1 saturated heterocycles. The van der Waals surface area contributed by atoms with Crippen molar-refractivity contribution in [1.82, 2.24) is 10.6 Å². The number of rotatable bonds is 3. The summed E-state index contributed by atoms with van der Waals surface area (Å²) in [5, 5.41) is 4.81. The zero-order valence-corrected chi connectivity index (χ0v) is 9.53. The molecule has 0 spiro atoms. The first-order valence-corrected chi connectivity index (χ1v) is 5.17. The molecule has 0 aromatic heterocycles. The van der Waals surface area contributed by atoms with Gasteiger partial charge >= 0.3 is 0 Å². The maximum absolute atomic E-state index is 13.1. The van der Waals surface area contributed by atoms with Crippen molar-refractivity contribution in [2.75, 3.05) is 13.8 Å². The maximum Gasteiger partial charge on any atom is 0.272 e. The van der Waals surface area contributed by atoms with Gasteiger partial charge in [-0.1, -0.05) is 0 Å². The van der Waals surface area contributed by atoms with Gasteiger partial charge in [-0.15, -0.1) is 0 Å². The van der Waals surface area contributed by atoms with E-state index in [1.807, 2.05) is 0 Å². The van der Waals surface area contributed by atoms with Crippen LogP contribution in [0.25, 0.3) is 0 Å². The molecule has 0 unspecified atom stereocenters. The first kappa shape index (κ1) is 12.2. The third-order valence-corrected chi connectivity index (χ3v) is 2.37. The van der Waals surface area contributed by atoms with Crippen molar-refractivity contribution in [2.45, 2.75) is 6.10 Å². The Balaban J connectivity index is 2.24. The van der Waals surface area contributed by atoms with Crippen molar-refractivity contribution in [3.05, 3.63) is 24.0 Å². The van der Waals surface area contributed by atoms with Gasteiger partial charge in [0, 0.05) is 6.07 Å². The summed E-state index contributed by atoms with van der Waals surface area (Å²) in [5.41, 5.74) is 0. The summed E-state index contributed by atoms with van der Waals surface area (Å²) in [4.78, 5) is 22.9. The lowest BCUT2D eigenvalue weighted by Crippen LogP contribution is -2.57. The zero-order chi connectivity index (χ0) is 13.1. The first-order chi connectivity index (χ1) is 8.61. The van der Waals surface area contributed by atoms with Gasteiger partial charge in [-0.05, 0) is 12.1 Å². The highest BCUT2D eigenvalue weighted by molar-refractivity contribution is 6.05. The van der Waals surface area contributed by atoms with Crippen molar-refractivity contribution in [1.29, 1.82) is 0 Å². The fourth-order valence-electron chi connectivity index (χ4n) is 1.50. The Bertz CT molecular complexity index is 476. The van der Waals surface area contributed by atoms with Crippen LogP contribution in [0.5, 0.6) is 11.5 Å². The fourth-order valence-corrected chi connectivity index (χ4v) is 1.50. The van der Waals surface area contributed by atoms with E-state index in [4.69, 9.17) is 9.47 Å². The molecule has 0 atom stereocenters. The molecule has 18 heavy (non-hydrogen) atoms. The van der Waals surface area contributed by atoms with Gasteiger partial charge in [0.1, 0.15) is 5.82 Å². The summed E-state index contributed by atoms with van der Waals surface area (Å²) in [6, 6.07) is 3.59. The second-order valence-electron chi connectivity index (χ2n) is 3.55. The minimum atomic E-state index is -1.35. The standard InChI is InChI=1S/C11H11FN2O4/c1-17-7-3-2-6(12)4-8(7)18-9-10(15)13-5-14-11(9)16/h2-4,9H,5H2,1H3,(H,13,15)(H,14,16). The van der Waals surface area contributed by atoms with Gasteiger partial charge in [-0.2, -0.15) is 0 Å². The van der Waals surface area contributed by atoms with Gasteiger partial charge in [0.25, 0.3) is 17.9 Å². The van der Waals surface area contributed by atoms with Gasteiger partial charge < -0.3 is 20.1 Å². The predicted molar refractivity (Wildman–Crippen MR) is 58.5 cm³/mol. The van der Waals surface area contributed by atoms with Gasteiger partial charge in [0.2, 0.25) is 0 Å². The molecule has 7 heteroatoms. The summed E-state index contributed by atoms with van der Waals surface area (Å²) in [6.07, 6.45) is -1.35. The topological polar surface area (TPSA) is 76.7 Å². The molecule has 6 nitrogen and oxygen atoms in total. The highest BCUT2D eigenvalue weighted by Gasteiger charge is 2.32. The number of hydrogen-bond acceptors (Lipinski definition) is 4. The molecule has 0 aliphatic carbocycles. The second kappa shape index (κ2) is 4.91. The summed E-state index contributed by atoms with van der Waals surface area (Å²) in [5.74, 6) is -1.48. The van der Waals surface area contributed by atoms with Crippen LogP contribution < -0.4 is 20.1 Å². The Labute approximate surface area is 102 Å². The van der Waals surface area contributed by atoms with Gasteiger partial charge in [0.15, 0.2) is 11.5 Å². The summed E-state index contributed by atoms with van der Waals surface area (Å²) >= 11 is 0. The normalized spacial score (nSPS) is 15.9. The number of amides is 2. The minimum Gasteiger partial charge on any atom is -0.493 e. The highest BCUT2D eigenvalue weighted by atomic mass is 19.1. The number of carbonyl (C=O) groups excluding carboxylic acids is 2. The van der Waals surface area contributed by atoms with Crippen LogP contribution in [0.3, 0.4) is 0 Å². The lowest BCUT2D eigenvalue weighted by Gasteiger charge is -2.23. The van der Waals surface area contributed by atoms with Crippen LogP contribution in [-0.4, -0.2) is 31.7 Å². The molecule has 2 amide bonds. The molecule has 1 heterocycles. The monoisotopic (exact) mass is 254 g/mol. The molecular formula is C11H11FN2O4. The number of nitrogens with one attached hydrogen (secondary N) is 2. The molecule has 0 radical (unpaired) electrons. The Morgan fingerprint density at radius 2 is 1.89 bits per heavy atom. The van der Waals surface area contributed by atoms with Crippen LogP contribution in [0.1, 0.15) is 0 Å². The van der Waals surface area contributed by atoms with Gasteiger partial charge in [-0.25, -0.2) is 4.39 Å². The van der Waals surface area contributed by atoms with Crippen molar-refractivity contribution in [3.8, 4) is 11.5 Å². The number of benzene rings is 1. The average Bonchev–Trinajstić information content (AvgIpc) is 2.34. The number of methoxy groups -OCH3 is 1. The van der Waals surface area contributed by atoms with E-state index in [0.717, 1.165) is 6.07 Å². The SMILES string of the molecule is COc1ccc(F)cc1OC1C(=O)NCNC1=O. The largest absolute Gasteiger partial charge is 0.493 e. The smallest absolute Gasteiger partial charge is 0.272 e. The van der Waals surface area contributed by atoms with Crippen LogP contribution in [0, 0.1) is 5.82 Å². The number of carbonyl (C=O) groups is 2. The molecule has 1 aliphatic rings. The molecule has 0 saturated carbocycles. The second-order valence-corrected chi connectivity index (χ2v) is 3.55. The van der Waals surface area contributed by atoms with E-state index >= 15 is 0 Å².